The molecular weight excluding hydrogens is 1070 g/mol. The topological polar surface area (TPSA) is 78.9 Å². The number of rotatable bonds is 54. The Morgan fingerprint density at radius 1 is 0.274 bits per heavy atom. The van der Waals surface area contributed by atoms with Crippen LogP contribution in [0.2, 0.25) is 0 Å². The summed E-state index contributed by atoms with van der Waals surface area (Å²) in [5.74, 6) is 1.39. The molecule has 0 aromatic heterocycles. The minimum Gasteiger partial charge on any atom is -0.466 e. The van der Waals surface area contributed by atoms with Crippen molar-refractivity contribution in [1.29, 1.82) is 0 Å². The van der Waals surface area contributed by atoms with E-state index in [1.54, 1.807) is 0 Å². The second-order valence-corrected chi connectivity index (χ2v) is 21.2. The van der Waals surface area contributed by atoms with Crippen LogP contribution in [0.15, 0.2) is 36.5 Å². The summed E-state index contributed by atoms with van der Waals surface area (Å²) in [5.41, 5.74) is 0. The molecule has 3 radical (unpaired) electrons. The second-order valence-electron chi connectivity index (χ2n) is 19.9. The molecule has 0 amide bonds. The number of carbonyl (C=O) groups excluding carboxylic acids is 3. The van der Waals surface area contributed by atoms with E-state index in [1.165, 1.54) is 250 Å². The molecule has 0 rings (SSSR count). The summed E-state index contributed by atoms with van der Waals surface area (Å²) in [6, 6.07) is 0. The van der Waals surface area contributed by atoms with E-state index in [4.69, 9.17) is 14.2 Å². The third-order valence-electron chi connectivity index (χ3n) is 12.7. The summed E-state index contributed by atoms with van der Waals surface area (Å²) < 4.78 is 15.3. The largest absolute Gasteiger partial charge is 0.466 e. The van der Waals surface area contributed by atoms with Crippen LogP contribution >= 0.6 is 37.9 Å². The number of allylic oxidation sites excluding steroid dienone is 6. The normalized spacial score (nSPS) is 11.1. The van der Waals surface area contributed by atoms with E-state index in [9.17, 15) is 14.4 Å². The van der Waals surface area contributed by atoms with Crippen LogP contribution in [0.1, 0.15) is 310 Å². The van der Waals surface area contributed by atoms with Gasteiger partial charge in [0, 0.05) is 41.7 Å². The van der Waals surface area contributed by atoms with Gasteiger partial charge in [-0.2, -0.15) is 37.9 Å². The molecule has 6 nitrogen and oxygen atoms in total. The molecule has 431 valence electrons. The van der Waals surface area contributed by atoms with Crippen molar-refractivity contribution in [2.24, 2.45) is 0 Å². The molecule has 0 saturated heterocycles. The van der Waals surface area contributed by atoms with Gasteiger partial charge in [0.2, 0.25) is 0 Å². The van der Waals surface area contributed by atoms with E-state index in [1.807, 2.05) is 0 Å². The van der Waals surface area contributed by atoms with Crippen molar-refractivity contribution in [2.45, 2.75) is 310 Å². The number of hydrogen-bond acceptors (Lipinski definition) is 9. The summed E-state index contributed by atoms with van der Waals surface area (Å²) in [6.07, 6.45) is 70.0. The molecular formula is C63H120O6S3Sb. The molecule has 0 saturated carbocycles. The molecule has 73 heavy (non-hydrogen) atoms. The Kier molecular flexibility index (Phi) is 81.9. The number of hydrogen-bond donors (Lipinski definition) is 3. The molecule has 0 heterocycles. The maximum atomic E-state index is 11.1. The van der Waals surface area contributed by atoms with E-state index in [-0.39, 0.29) is 42.3 Å². The molecule has 0 fully saturated rings. The van der Waals surface area contributed by atoms with Gasteiger partial charge in [-0.25, -0.2) is 0 Å². The average Bonchev–Trinajstić information content (AvgIpc) is 3.37. The minimum atomic E-state index is -0.113. The Bertz CT molecular complexity index is 1010. The zero-order valence-corrected chi connectivity index (χ0v) is 53.5. The molecule has 0 aliphatic rings. The fourth-order valence-corrected chi connectivity index (χ4v) is 8.64. The number of ether oxygens (including phenoxy) is 3. The third-order valence-corrected chi connectivity index (χ3v) is 13.4. The number of thiol groups is 3. The maximum absolute atomic E-state index is 11.1. The predicted molar refractivity (Wildman–Crippen MR) is 332 cm³/mol. The fraction of sp³-hybridized carbons (Fsp3) is 0.857. The first kappa shape index (κ1) is 79.0. The molecule has 0 N–H and O–H groups in total. The number of unbranched alkanes of at least 4 members (excludes halogenated alkanes) is 36. The van der Waals surface area contributed by atoms with Crippen LogP contribution in [0.5, 0.6) is 0 Å². The zero-order chi connectivity index (χ0) is 53.2. The Morgan fingerprint density at radius 3 is 0.616 bits per heavy atom. The fourth-order valence-electron chi connectivity index (χ4n) is 8.10. The molecule has 0 bridgehead atoms. The van der Waals surface area contributed by atoms with Gasteiger partial charge in [-0.05, 0) is 96.3 Å². The first-order valence-electron chi connectivity index (χ1n) is 30.7. The van der Waals surface area contributed by atoms with Crippen LogP contribution in [-0.4, -0.2) is 79.4 Å². The van der Waals surface area contributed by atoms with E-state index < -0.39 is 0 Å². The van der Waals surface area contributed by atoms with Crippen LogP contribution in [0.4, 0.5) is 0 Å². The zero-order valence-electron chi connectivity index (χ0n) is 48.3. The summed E-state index contributed by atoms with van der Waals surface area (Å²) >= 11 is 12.0. The van der Waals surface area contributed by atoms with Gasteiger partial charge in [0.15, 0.2) is 0 Å². The molecule has 0 aromatic rings. The summed E-state index contributed by atoms with van der Waals surface area (Å²) in [4.78, 5) is 33.4. The molecule has 0 aliphatic carbocycles. The molecule has 0 aromatic carbocycles. The Labute approximate surface area is 488 Å². The van der Waals surface area contributed by atoms with E-state index >= 15 is 0 Å². The summed E-state index contributed by atoms with van der Waals surface area (Å²) in [6.45, 7) is 8.54. The quantitative estimate of drug-likeness (QED) is 0.0141. The first-order chi connectivity index (χ1) is 35.4. The maximum Gasteiger partial charge on any atom is 0.306 e. The van der Waals surface area contributed by atoms with Crippen molar-refractivity contribution in [2.75, 3.05) is 37.1 Å². The second kappa shape index (κ2) is 75.7. The molecule has 0 atom stereocenters. The van der Waals surface area contributed by atoms with E-state index in [0.717, 1.165) is 19.3 Å². The molecule has 10 heteroatoms. The van der Waals surface area contributed by atoms with Gasteiger partial charge in [0.05, 0.1) is 39.1 Å². The summed E-state index contributed by atoms with van der Waals surface area (Å²) in [5, 5.41) is 0. The summed E-state index contributed by atoms with van der Waals surface area (Å²) in [7, 11) is 0. The van der Waals surface area contributed by atoms with Crippen LogP contribution in [0, 0.1) is 0 Å². The molecule has 0 aliphatic heterocycles. The van der Waals surface area contributed by atoms with Crippen molar-refractivity contribution >= 4 is 80.2 Å². The van der Waals surface area contributed by atoms with Gasteiger partial charge in [0.1, 0.15) is 0 Å². The van der Waals surface area contributed by atoms with Crippen LogP contribution in [-0.2, 0) is 28.6 Å². The van der Waals surface area contributed by atoms with Crippen molar-refractivity contribution in [3.63, 3.8) is 0 Å². The van der Waals surface area contributed by atoms with Crippen molar-refractivity contribution in [3.8, 4) is 0 Å². The van der Waals surface area contributed by atoms with Crippen LogP contribution in [0.25, 0.3) is 0 Å². The standard InChI is InChI=1S/3C21H40O2S.Sb/c3*1-2-3-4-5-6-7-8-9-10-11-12-13-14-15-16-17-19-23-21(22)18-20-24;/h3*9-10,24H,2-8,11-20H2,1H3;/b3*10-9-;. The van der Waals surface area contributed by atoms with Crippen molar-refractivity contribution in [3.05, 3.63) is 36.5 Å². The Hall–Kier alpha value is -0.502. The van der Waals surface area contributed by atoms with Crippen LogP contribution < -0.4 is 0 Å². The van der Waals surface area contributed by atoms with Crippen molar-refractivity contribution < 1.29 is 28.6 Å². The third kappa shape index (κ3) is 80.5. The monoisotopic (exact) mass is 1190 g/mol. The van der Waals surface area contributed by atoms with Gasteiger partial charge in [-0.1, -0.05) is 231 Å². The SMILES string of the molecule is CCCCCCCC/C=C\CCCCCCCCOC(=O)CCS.CCCCCCCC/C=C\CCCCCCCCOC(=O)CCS.CCCCCCCC/C=C\CCCCCCCCOC(=O)CCS.[Sb]. The van der Waals surface area contributed by atoms with Gasteiger partial charge in [-0.3, -0.25) is 14.4 Å². The van der Waals surface area contributed by atoms with Gasteiger partial charge >= 0.3 is 17.9 Å². The molecule has 0 unspecified atom stereocenters. The van der Waals surface area contributed by atoms with Gasteiger partial charge < -0.3 is 14.2 Å². The molecule has 0 spiro atoms. The Morgan fingerprint density at radius 2 is 0.438 bits per heavy atom. The average molecular weight is 1190 g/mol. The van der Waals surface area contributed by atoms with Gasteiger partial charge in [0.25, 0.3) is 0 Å². The number of esters is 3. The van der Waals surface area contributed by atoms with Gasteiger partial charge in [-0.15, -0.1) is 0 Å². The van der Waals surface area contributed by atoms with E-state index in [0.29, 0.717) is 56.3 Å². The Balaban J connectivity index is -0.000000486. The van der Waals surface area contributed by atoms with Crippen LogP contribution in [0.3, 0.4) is 0 Å². The number of carbonyl (C=O) groups is 3. The smallest absolute Gasteiger partial charge is 0.306 e. The first-order valence-corrected chi connectivity index (χ1v) is 32.6. The van der Waals surface area contributed by atoms with Crippen molar-refractivity contribution in [1.82, 2.24) is 0 Å². The minimum absolute atomic E-state index is 0. The van der Waals surface area contributed by atoms with E-state index in [2.05, 4.69) is 95.1 Å². The predicted octanol–water partition coefficient (Wildman–Crippen LogP) is 20.3.